The van der Waals surface area contributed by atoms with Gasteiger partial charge in [-0.1, -0.05) is 60.7 Å². The minimum atomic E-state index is -3.88. The second kappa shape index (κ2) is 7.93. The van der Waals surface area contributed by atoms with E-state index in [0.717, 1.165) is 17.7 Å². The summed E-state index contributed by atoms with van der Waals surface area (Å²) in [4.78, 5) is 4.42. The zero-order chi connectivity index (χ0) is 18.4. The molecule has 3 rings (SSSR count). The molecule has 0 aliphatic rings. The Hall–Kier alpha value is -2.99. The molecule has 0 spiro atoms. The summed E-state index contributed by atoms with van der Waals surface area (Å²) in [5.74, 6) is -0.260. The SMILES string of the molecule is O=S(=O)(NC(=NCc1ccccc1)c1ccccc1)c1ccc(F)cc1. The smallest absolute Gasteiger partial charge is 0.263 e. The number of amidine groups is 1. The lowest BCUT2D eigenvalue weighted by Gasteiger charge is -2.11. The van der Waals surface area contributed by atoms with E-state index in [0.29, 0.717) is 12.1 Å². The van der Waals surface area contributed by atoms with E-state index >= 15 is 0 Å². The molecule has 0 atom stereocenters. The molecule has 0 heterocycles. The van der Waals surface area contributed by atoms with Gasteiger partial charge in [-0.3, -0.25) is 9.71 Å². The molecular weight excluding hydrogens is 351 g/mol. The minimum Gasteiger partial charge on any atom is -0.263 e. The second-order valence-corrected chi connectivity index (χ2v) is 7.26. The van der Waals surface area contributed by atoms with Gasteiger partial charge in [0.05, 0.1) is 11.4 Å². The van der Waals surface area contributed by atoms with Crippen molar-refractivity contribution >= 4 is 15.9 Å². The summed E-state index contributed by atoms with van der Waals surface area (Å²) in [6, 6.07) is 23.2. The fourth-order valence-corrected chi connectivity index (χ4v) is 3.38. The van der Waals surface area contributed by atoms with Gasteiger partial charge in [0.1, 0.15) is 11.7 Å². The molecule has 0 unspecified atom stereocenters. The highest BCUT2D eigenvalue weighted by Crippen LogP contribution is 2.12. The summed E-state index contributed by atoms with van der Waals surface area (Å²) in [6.45, 7) is 0.330. The van der Waals surface area contributed by atoms with Crippen molar-refractivity contribution < 1.29 is 12.8 Å². The van der Waals surface area contributed by atoms with E-state index in [4.69, 9.17) is 0 Å². The van der Waals surface area contributed by atoms with Crippen molar-refractivity contribution in [2.24, 2.45) is 4.99 Å². The summed E-state index contributed by atoms with van der Waals surface area (Å²) in [7, 11) is -3.88. The predicted molar refractivity (Wildman–Crippen MR) is 99.8 cm³/mol. The van der Waals surface area contributed by atoms with Crippen LogP contribution in [0.3, 0.4) is 0 Å². The van der Waals surface area contributed by atoms with Gasteiger partial charge in [0.25, 0.3) is 10.0 Å². The van der Waals surface area contributed by atoms with Crippen LogP contribution in [0.25, 0.3) is 0 Å². The standard InChI is InChI=1S/C20H17FN2O2S/c21-18-11-13-19(14-12-18)26(24,25)23-20(17-9-5-2-6-10-17)22-15-16-7-3-1-4-8-16/h1-14H,15H2,(H,22,23). The highest BCUT2D eigenvalue weighted by Gasteiger charge is 2.17. The van der Waals surface area contributed by atoms with Gasteiger partial charge in [-0.05, 0) is 29.8 Å². The first-order valence-corrected chi connectivity index (χ1v) is 9.45. The van der Waals surface area contributed by atoms with Crippen molar-refractivity contribution in [1.29, 1.82) is 0 Å². The molecule has 0 radical (unpaired) electrons. The van der Waals surface area contributed by atoms with Crippen molar-refractivity contribution in [2.45, 2.75) is 11.4 Å². The van der Waals surface area contributed by atoms with E-state index in [2.05, 4.69) is 9.71 Å². The molecule has 0 bridgehead atoms. The van der Waals surface area contributed by atoms with Gasteiger partial charge in [0.2, 0.25) is 0 Å². The average Bonchev–Trinajstić information content (AvgIpc) is 2.67. The molecule has 0 fully saturated rings. The van der Waals surface area contributed by atoms with Crippen LogP contribution in [0.5, 0.6) is 0 Å². The molecule has 132 valence electrons. The molecule has 0 aliphatic carbocycles. The van der Waals surface area contributed by atoms with Crippen LogP contribution in [0.4, 0.5) is 4.39 Å². The van der Waals surface area contributed by atoms with Crippen LogP contribution in [0.2, 0.25) is 0 Å². The topological polar surface area (TPSA) is 58.5 Å². The predicted octanol–water partition coefficient (Wildman–Crippen LogP) is 3.75. The van der Waals surface area contributed by atoms with Crippen LogP contribution in [0.15, 0.2) is 94.8 Å². The fourth-order valence-electron chi connectivity index (χ4n) is 2.33. The molecule has 3 aromatic rings. The normalized spacial score (nSPS) is 12.0. The maximum absolute atomic E-state index is 13.1. The first kappa shape index (κ1) is 17.8. The Labute approximate surface area is 152 Å². The number of nitrogens with one attached hydrogen (secondary N) is 1. The molecule has 0 saturated heterocycles. The zero-order valence-corrected chi connectivity index (χ0v) is 14.7. The number of aliphatic imine (C=N–C) groups is 1. The van der Waals surface area contributed by atoms with Crippen LogP contribution in [-0.4, -0.2) is 14.3 Å². The van der Waals surface area contributed by atoms with Gasteiger partial charge in [-0.2, -0.15) is 0 Å². The van der Waals surface area contributed by atoms with Crippen molar-refractivity contribution in [3.8, 4) is 0 Å². The fraction of sp³-hybridized carbons (Fsp3) is 0.0500. The number of rotatable bonds is 5. The number of nitrogens with zero attached hydrogens (tertiary/aromatic N) is 1. The lowest BCUT2D eigenvalue weighted by molar-refractivity contribution is 0.591. The number of sulfonamides is 1. The van der Waals surface area contributed by atoms with Gasteiger partial charge in [0.15, 0.2) is 0 Å². The molecule has 0 amide bonds. The third kappa shape index (κ3) is 4.55. The number of benzene rings is 3. The lowest BCUT2D eigenvalue weighted by atomic mass is 10.2. The number of hydrogen-bond donors (Lipinski definition) is 1. The summed E-state index contributed by atoms with van der Waals surface area (Å²) >= 11 is 0. The average molecular weight is 368 g/mol. The van der Waals surface area contributed by atoms with E-state index in [1.165, 1.54) is 12.1 Å². The summed E-state index contributed by atoms with van der Waals surface area (Å²) in [5, 5.41) is 0. The second-order valence-electron chi connectivity index (χ2n) is 5.58. The van der Waals surface area contributed by atoms with Gasteiger partial charge in [-0.25, -0.2) is 12.8 Å². The van der Waals surface area contributed by atoms with Crippen LogP contribution >= 0.6 is 0 Å². The Morgan fingerprint density at radius 1 is 0.846 bits per heavy atom. The summed E-state index contributed by atoms with van der Waals surface area (Å²) in [5.41, 5.74) is 1.61. The number of halogens is 1. The molecule has 0 aliphatic heterocycles. The quantitative estimate of drug-likeness (QED) is 0.551. The molecule has 1 N–H and O–H groups in total. The largest absolute Gasteiger partial charge is 0.263 e. The van der Waals surface area contributed by atoms with Crippen molar-refractivity contribution in [1.82, 2.24) is 4.72 Å². The third-order valence-corrected chi connectivity index (χ3v) is 5.02. The maximum atomic E-state index is 13.1. The molecular formula is C20H17FN2O2S. The van der Waals surface area contributed by atoms with E-state index in [-0.39, 0.29) is 10.7 Å². The first-order valence-electron chi connectivity index (χ1n) is 7.97. The Morgan fingerprint density at radius 3 is 2.04 bits per heavy atom. The molecule has 6 heteroatoms. The van der Waals surface area contributed by atoms with Gasteiger partial charge >= 0.3 is 0 Å². The van der Waals surface area contributed by atoms with Gasteiger partial charge < -0.3 is 0 Å². The third-order valence-electron chi connectivity index (χ3n) is 3.66. The summed E-state index contributed by atoms with van der Waals surface area (Å²) < 4.78 is 40.8. The molecule has 26 heavy (non-hydrogen) atoms. The van der Waals surface area contributed by atoms with Crippen molar-refractivity contribution in [2.75, 3.05) is 0 Å². The highest BCUT2D eigenvalue weighted by molar-refractivity contribution is 7.90. The molecule has 4 nitrogen and oxygen atoms in total. The Kier molecular flexibility index (Phi) is 5.43. The highest BCUT2D eigenvalue weighted by atomic mass is 32.2. The first-order chi connectivity index (χ1) is 12.5. The van der Waals surface area contributed by atoms with E-state index in [1.807, 2.05) is 36.4 Å². The number of hydrogen-bond acceptors (Lipinski definition) is 3. The van der Waals surface area contributed by atoms with Gasteiger partial charge in [-0.15, -0.1) is 0 Å². The van der Waals surface area contributed by atoms with Crippen molar-refractivity contribution in [3.05, 3.63) is 102 Å². The van der Waals surface area contributed by atoms with Crippen molar-refractivity contribution in [3.63, 3.8) is 0 Å². The Bertz CT molecular complexity index is 987. The lowest BCUT2D eigenvalue weighted by Crippen LogP contribution is -2.31. The van der Waals surface area contributed by atoms with E-state index in [9.17, 15) is 12.8 Å². The Balaban J connectivity index is 1.92. The zero-order valence-electron chi connectivity index (χ0n) is 13.8. The van der Waals surface area contributed by atoms with E-state index < -0.39 is 15.8 Å². The maximum Gasteiger partial charge on any atom is 0.263 e. The monoisotopic (exact) mass is 368 g/mol. The van der Waals surface area contributed by atoms with Gasteiger partial charge in [0, 0.05) is 5.56 Å². The summed E-state index contributed by atoms with van der Waals surface area (Å²) in [6.07, 6.45) is 0. The molecule has 0 aromatic heterocycles. The molecule has 0 saturated carbocycles. The van der Waals surface area contributed by atoms with Crippen LogP contribution in [0.1, 0.15) is 11.1 Å². The van der Waals surface area contributed by atoms with Crippen LogP contribution in [0, 0.1) is 5.82 Å². The van der Waals surface area contributed by atoms with Crippen LogP contribution in [-0.2, 0) is 16.6 Å². The minimum absolute atomic E-state index is 0.0257. The van der Waals surface area contributed by atoms with E-state index in [1.54, 1.807) is 24.3 Å². The Morgan fingerprint density at radius 2 is 1.42 bits per heavy atom. The van der Waals surface area contributed by atoms with Crippen LogP contribution < -0.4 is 4.72 Å². The molecule has 3 aromatic carbocycles.